The minimum atomic E-state index is -0.0786. The van der Waals surface area contributed by atoms with E-state index in [-0.39, 0.29) is 5.56 Å². The number of pyridine rings is 1. The SMILES string of the molecule is CCCCc1cccc(COc2cccn3c(=O)c(CCCl)c(C)nc23)c1. The molecule has 0 N–H and O–H groups in total. The van der Waals surface area contributed by atoms with Crippen molar-refractivity contribution >= 4 is 17.2 Å². The molecule has 0 aliphatic carbocycles. The van der Waals surface area contributed by atoms with Crippen molar-refractivity contribution in [3.05, 3.63) is 75.3 Å². The number of hydrogen-bond acceptors (Lipinski definition) is 3. The van der Waals surface area contributed by atoms with Crippen LogP contribution >= 0.6 is 11.6 Å². The summed E-state index contributed by atoms with van der Waals surface area (Å²) in [6, 6.07) is 12.1. The summed E-state index contributed by atoms with van der Waals surface area (Å²) in [7, 11) is 0. The van der Waals surface area contributed by atoms with E-state index in [1.165, 1.54) is 18.4 Å². The van der Waals surface area contributed by atoms with Crippen molar-refractivity contribution in [2.75, 3.05) is 5.88 Å². The van der Waals surface area contributed by atoms with Crippen LogP contribution in [0.2, 0.25) is 0 Å². The second kappa shape index (κ2) is 9.05. The predicted molar refractivity (Wildman–Crippen MR) is 110 cm³/mol. The molecule has 0 aliphatic rings. The van der Waals surface area contributed by atoms with E-state index in [2.05, 4.69) is 36.2 Å². The van der Waals surface area contributed by atoms with Gasteiger partial charge in [0.05, 0.1) is 0 Å². The molecule has 3 rings (SSSR count). The molecule has 5 heteroatoms. The first-order valence-corrected chi connectivity index (χ1v) is 9.95. The monoisotopic (exact) mass is 384 g/mol. The van der Waals surface area contributed by atoms with Crippen molar-refractivity contribution in [3.8, 4) is 5.75 Å². The number of fused-ring (bicyclic) bond motifs is 1. The normalized spacial score (nSPS) is 11.1. The Kier molecular flexibility index (Phi) is 6.51. The highest BCUT2D eigenvalue weighted by Gasteiger charge is 2.12. The largest absolute Gasteiger partial charge is 0.485 e. The number of rotatable bonds is 8. The molecule has 27 heavy (non-hydrogen) atoms. The van der Waals surface area contributed by atoms with Gasteiger partial charge in [-0.1, -0.05) is 37.6 Å². The minimum Gasteiger partial charge on any atom is -0.485 e. The van der Waals surface area contributed by atoms with Crippen LogP contribution < -0.4 is 10.3 Å². The van der Waals surface area contributed by atoms with Crippen LogP contribution in [0.3, 0.4) is 0 Å². The highest BCUT2D eigenvalue weighted by molar-refractivity contribution is 6.18. The molecule has 0 saturated heterocycles. The predicted octanol–water partition coefficient (Wildman–Crippen LogP) is 4.71. The Hall–Kier alpha value is -2.33. The lowest BCUT2D eigenvalue weighted by Crippen LogP contribution is -2.22. The van der Waals surface area contributed by atoms with Gasteiger partial charge in [-0.15, -0.1) is 11.6 Å². The lowest BCUT2D eigenvalue weighted by Gasteiger charge is -2.12. The van der Waals surface area contributed by atoms with Gasteiger partial charge in [0.2, 0.25) is 0 Å². The fourth-order valence-corrected chi connectivity index (χ4v) is 3.38. The number of unbranched alkanes of at least 4 members (excludes halogenated alkanes) is 1. The Balaban J connectivity index is 1.86. The number of ether oxygens (including phenoxy) is 1. The summed E-state index contributed by atoms with van der Waals surface area (Å²) >= 11 is 5.82. The molecule has 142 valence electrons. The highest BCUT2D eigenvalue weighted by atomic mass is 35.5. The molecule has 0 spiro atoms. The second-order valence-corrected chi connectivity index (χ2v) is 7.08. The molecule has 4 nitrogen and oxygen atoms in total. The molecule has 0 atom stereocenters. The van der Waals surface area contributed by atoms with Crippen LogP contribution in [0.4, 0.5) is 0 Å². The number of nitrogens with zero attached hydrogens (tertiary/aromatic N) is 2. The molecule has 0 fully saturated rings. The molecule has 0 saturated carbocycles. The van der Waals surface area contributed by atoms with E-state index in [9.17, 15) is 4.79 Å². The summed E-state index contributed by atoms with van der Waals surface area (Å²) < 4.78 is 7.57. The first-order valence-electron chi connectivity index (χ1n) is 9.41. The van der Waals surface area contributed by atoms with E-state index in [0.717, 1.165) is 12.0 Å². The minimum absolute atomic E-state index is 0.0786. The molecular formula is C22H25ClN2O2. The first-order chi connectivity index (χ1) is 13.1. The molecule has 0 bridgehead atoms. The number of alkyl halides is 1. The summed E-state index contributed by atoms with van der Waals surface area (Å²) in [5, 5.41) is 0. The van der Waals surface area contributed by atoms with Crippen LogP contribution in [0.25, 0.3) is 5.65 Å². The van der Waals surface area contributed by atoms with Gasteiger partial charge in [0.15, 0.2) is 11.4 Å². The highest BCUT2D eigenvalue weighted by Crippen LogP contribution is 2.20. The molecule has 3 aromatic rings. The van der Waals surface area contributed by atoms with Gasteiger partial charge in [0, 0.05) is 23.3 Å². The topological polar surface area (TPSA) is 43.6 Å². The lowest BCUT2D eigenvalue weighted by atomic mass is 10.1. The third-order valence-electron chi connectivity index (χ3n) is 4.67. The zero-order chi connectivity index (χ0) is 19.2. The van der Waals surface area contributed by atoms with Crippen molar-refractivity contribution in [1.82, 2.24) is 9.38 Å². The number of aryl methyl sites for hydroxylation is 2. The summed E-state index contributed by atoms with van der Waals surface area (Å²) in [6.45, 7) is 4.48. The number of hydrogen-bond donors (Lipinski definition) is 0. The van der Waals surface area contributed by atoms with Gasteiger partial charge in [0.1, 0.15) is 6.61 Å². The third kappa shape index (κ3) is 4.51. The Morgan fingerprint density at radius 1 is 1.15 bits per heavy atom. The van der Waals surface area contributed by atoms with Gasteiger partial charge < -0.3 is 4.74 Å². The maximum atomic E-state index is 12.7. The molecule has 2 heterocycles. The zero-order valence-corrected chi connectivity index (χ0v) is 16.6. The van der Waals surface area contributed by atoms with Crippen molar-refractivity contribution in [2.45, 2.75) is 46.1 Å². The van der Waals surface area contributed by atoms with Gasteiger partial charge in [-0.25, -0.2) is 4.98 Å². The molecule has 0 aliphatic heterocycles. The van der Waals surface area contributed by atoms with Gasteiger partial charge >= 0.3 is 0 Å². The fourth-order valence-electron chi connectivity index (χ4n) is 3.19. The number of benzene rings is 1. The zero-order valence-electron chi connectivity index (χ0n) is 15.9. The van der Waals surface area contributed by atoms with Crippen LogP contribution in [0, 0.1) is 6.92 Å². The van der Waals surface area contributed by atoms with Crippen molar-refractivity contribution in [2.24, 2.45) is 0 Å². The number of halogens is 1. The molecule has 0 amide bonds. The summed E-state index contributed by atoms with van der Waals surface area (Å²) in [5.74, 6) is 1.00. The maximum absolute atomic E-state index is 12.7. The second-order valence-electron chi connectivity index (χ2n) is 6.70. The smallest absolute Gasteiger partial charge is 0.261 e. The number of aromatic nitrogens is 2. The summed E-state index contributed by atoms with van der Waals surface area (Å²) in [4.78, 5) is 17.3. The van der Waals surface area contributed by atoms with Gasteiger partial charge in [-0.2, -0.15) is 0 Å². The summed E-state index contributed by atoms with van der Waals surface area (Å²) in [5.41, 5.74) is 4.27. The molecule has 2 aromatic heterocycles. The average Bonchev–Trinajstić information content (AvgIpc) is 2.68. The van der Waals surface area contributed by atoms with Crippen LogP contribution in [0.15, 0.2) is 47.4 Å². The molecular weight excluding hydrogens is 360 g/mol. The molecule has 1 aromatic carbocycles. The molecule has 0 unspecified atom stereocenters. The van der Waals surface area contributed by atoms with Gasteiger partial charge in [0.25, 0.3) is 5.56 Å². The van der Waals surface area contributed by atoms with E-state index in [1.807, 2.05) is 19.1 Å². The van der Waals surface area contributed by atoms with Gasteiger partial charge in [-0.05, 0) is 49.4 Å². The molecule has 0 radical (unpaired) electrons. The first kappa shape index (κ1) is 19.4. The van der Waals surface area contributed by atoms with Crippen molar-refractivity contribution < 1.29 is 4.74 Å². The van der Waals surface area contributed by atoms with Crippen LogP contribution in [-0.4, -0.2) is 15.3 Å². The van der Waals surface area contributed by atoms with E-state index in [1.54, 1.807) is 10.6 Å². The Bertz CT molecular complexity index is 982. The summed E-state index contributed by atoms with van der Waals surface area (Å²) in [6.07, 6.45) is 5.68. The van der Waals surface area contributed by atoms with Crippen molar-refractivity contribution in [1.29, 1.82) is 0 Å². The standard InChI is InChI=1S/C22H25ClN2O2/c1-3-4-7-17-8-5-9-18(14-17)15-27-20-10-6-13-25-21(20)24-16(2)19(11-12-23)22(25)26/h5-6,8-10,13-14H,3-4,7,11-12,15H2,1-2H3. The van der Waals surface area contributed by atoms with E-state index >= 15 is 0 Å². The van der Waals surface area contributed by atoms with E-state index in [4.69, 9.17) is 16.3 Å². The van der Waals surface area contributed by atoms with Crippen LogP contribution in [-0.2, 0) is 19.4 Å². The Labute approximate surface area is 164 Å². The van der Waals surface area contributed by atoms with Crippen LogP contribution in [0.1, 0.15) is 42.1 Å². The van der Waals surface area contributed by atoms with Crippen LogP contribution in [0.5, 0.6) is 5.75 Å². The van der Waals surface area contributed by atoms with E-state index < -0.39 is 0 Å². The van der Waals surface area contributed by atoms with E-state index in [0.29, 0.717) is 41.6 Å². The van der Waals surface area contributed by atoms with Crippen molar-refractivity contribution in [3.63, 3.8) is 0 Å². The Morgan fingerprint density at radius 3 is 2.74 bits per heavy atom. The van der Waals surface area contributed by atoms with Gasteiger partial charge in [-0.3, -0.25) is 9.20 Å². The lowest BCUT2D eigenvalue weighted by molar-refractivity contribution is 0.307. The third-order valence-corrected chi connectivity index (χ3v) is 4.86. The maximum Gasteiger partial charge on any atom is 0.261 e. The fraction of sp³-hybridized carbons (Fsp3) is 0.364. The average molecular weight is 385 g/mol. The quantitative estimate of drug-likeness (QED) is 0.528. The Morgan fingerprint density at radius 2 is 1.96 bits per heavy atom.